The van der Waals surface area contributed by atoms with Crippen molar-refractivity contribution < 1.29 is 23.8 Å². The highest BCUT2D eigenvalue weighted by molar-refractivity contribution is 5.97. The topological polar surface area (TPSA) is 61.8 Å². The van der Waals surface area contributed by atoms with Crippen LogP contribution >= 0.6 is 0 Å². The van der Waals surface area contributed by atoms with Crippen molar-refractivity contribution >= 4 is 11.8 Å². The van der Waals surface area contributed by atoms with Gasteiger partial charge >= 0.3 is 5.97 Å². The fraction of sp³-hybridized carbons (Fsp3) is 0.615. The average molecular weight is 433 g/mol. The van der Waals surface area contributed by atoms with Gasteiger partial charge in [0.15, 0.2) is 11.9 Å². The molecule has 0 aliphatic heterocycles. The lowest BCUT2D eigenvalue weighted by molar-refractivity contribution is -0.153. The van der Waals surface area contributed by atoms with E-state index in [1.54, 1.807) is 0 Å². The summed E-state index contributed by atoms with van der Waals surface area (Å²) in [6.07, 6.45) is 10.9. The van der Waals surface area contributed by atoms with E-state index in [1.165, 1.54) is 37.9 Å². The van der Waals surface area contributed by atoms with Gasteiger partial charge in [-0.1, -0.05) is 41.9 Å². The Morgan fingerprint density at radius 1 is 0.903 bits per heavy atom. The Bertz CT molecular complexity index is 750. The Hall–Kier alpha value is -2.30. The number of carbonyl (C=O) groups excluding carboxylic acids is 2. The highest BCUT2D eigenvalue weighted by Gasteiger charge is 2.44. The van der Waals surface area contributed by atoms with E-state index in [1.807, 2.05) is 6.92 Å². The van der Waals surface area contributed by atoms with Crippen molar-refractivity contribution in [2.45, 2.75) is 79.8 Å². The van der Waals surface area contributed by atoms with Crippen LogP contribution < -0.4 is 0 Å². The first kappa shape index (κ1) is 26.7. The molecule has 0 aromatic rings. The standard InChI is InChI=1S/C26H40O5/c1-17(2)11-9-12-18(3)13-10-14-19(4)15-16-22-20(5)23(28)25(29-7)26(30-8)24(22)31-21(6)27/h11,13,15,20,22,24H,9-10,12,14,16H2,1-8H3/b18-13+,19-15+. The van der Waals surface area contributed by atoms with E-state index in [9.17, 15) is 9.59 Å². The second-order valence-electron chi connectivity index (χ2n) is 8.64. The Morgan fingerprint density at radius 3 is 2.00 bits per heavy atom. The second-order valence-corrected chi connectivity index (χ2v) is 8.64. The van der Waals surface area contributed by atoms with Crippen LogP contribution in [0.4, 0.5) is 0 Å². The summed E-state index contributed by atoms with van der Waals surface area (Å²) in [5.41, 5.74) is 4.03. The highest BCUT2D eigenvalue weighted by atomic mass is 16.6. The van der Waals surface area contributed by atoms with Crippen molar-refractivity contribution in [3.05, 3.63) is 46.5 Å². The average Bonchev–Trinajstić information content (AvgIpc) is 2.69. The fourth-order valence-electron chi connectivity index (χ4n) is 3.84. The molecule has 5 heteroatoms. The molecule has 3 unspecified atom stereocenters. The molecule has 0 fully saturated rings. The molecule has 0 spiro atoms. The van der Waals surface area contributed by atoms with Crippen LogP contribution in [-0.4, -0.2) is 32.1 Å². The van der Waals surface area contributed by atoms with Crippen molar-refractivity contribution in [2.24, 2.45) is 11.8 Å². The number of hydrogen-bond donors (Lipinski definition) is 0. The number of carbonyl (C=O) groups is 2. The molecule has 0 bridgehead atoms. The number of ketones is 1. The molecule has 5 nitrogen and oxygen atoms in total. The Labute approximate surface area is 188 Å². The van der Waals surface area contributed by atoms with Crippen LogP contribution in [0.15, 0.2) is 46.5 Å². The summed E-state index contributed by atoms with van der Waals surface area (Å²) in [6.45, 7) is 11.8. The van der Waals surface area contributed by atoms with E-state index in [2.05, 4.69) is 45.9 Å². The lowest BCUT2D eigenvalue weighted by Crippen LogP contribution is -2.42. The van der Waals surface area contributed by atoms with Crippen LogP contribution in [0, 0.1) is 11.8 Å². The molecule has 1 aliphatic carbocycles. The van der Waals surface area contributed by atoms with Crippen LogP contribution in [0.3, 0.4) is 0 Å². The summed E-state index contributed by atoms with van der Waals surface area (Å²) in [6, 6.07) is 0. The van der Waals surface area contributed by atoms with Gasteiger partial charge in [0.25, 0.3) is 0 Å². The Kier molecular flexibility index (Phi) is 11.4. The van der Waals surface area contributed by atoms with Gasteiger partial charge in [-0.05, 0) is 59.8 Å². The molecule has 0 radical (unpaired) electrons. The van der Waals surface area contributed by atoms with Crippen LogP contribution in [0.5, 0.6) is 0 Å². The summed E-state index contributed by atoms with van der Waals surface area (Å²) in [7, 11) is 2.90. The number of rotatable bonds is 11. The largest absolute Gasteiger partial charge is 0.493 e. The highest BCUT2D eigenvalue weighted by Crippen LogP contribution is 2.37. The van der Waals surface area contributed by atoms with E-state index in [-0.39, 0.29) is 23.4 Å². The first-order valence-corrected chi connectivity index (χ1v) is 11.1. The molecule has 0 N–H and O–H groups in total. The van der Waals surface area contributed by atoms with Crippen molar-refractivity contribution in [1.82, 2.24) is 0 Å². The molecule has 1 aliphatic rings. The summed E-state index contributed by atoms with van der Waals surface area (Å²) in [5.74, 6) is -0.607. The van der Waals surface area contributed by atoms with E-state index >= 15 is 0 Å². The van der Waals surface area contributed by atoms with Crippen molar-refractivity contribution in [2.75, 3.05) is 14.2 Å². The molecule has 3 atom stereocenters. The third-order valence-electron chi connectivity index (χ3n) is 5.73. The normalized spacial score (nSPS) is 22.3. The van der Waals surface area contributed by atoms with Gasteiger partial charge < -0.3 is 14.2 Å². The SMILES string of the molecule is COC1=C(OC)C(OC(C)=O)C(C/C=C(\C)CC/C=C(\C)CCC=C(C)C)C(C)C1=O. The first-order chi connectivity index (χ1) is 14.6. The van der Waals surface area contributed by atoms with E-state index in [4.69, 9.17) is 14.2 Å². The molecule has 0 aromatic heterocycles. The van der Waals surface area contributed by atoms with Gasteiger partial charge in [0.2, 0.25) is 11.5 Å². The molecule has 0 saturated heterocycles. The zero-order valence-corrected chi connectivity index (χ0v) is 20.5. The fourth-order valence-corrected chi connectivity index (χ4v) is 3.84. The monoisotopic (exact) mass is 432 g/mol. The molecule has 0 amide bonds. The minimum Gasteiger partial charge on any atom is -0.493 e. The smallest absolute Gasteiger partial charge is 0.303 e. The number of Topliss-reactive ketones (excluding diaryl/α,β-unsaturated/α-hetero) is 1. The van der Waals surface area contributed by atoms with Gasteiger partial charge in [0.05, 0.1) is 14.2 Å². The third kappa shape index (κ3) is 8.39. The van der Waals surface area contributed by atoms with Gasteiger partial charge in [0, 0.05) is 18.8 Å². The molecular weight excluding hydrogens is 392 g/mol. The van der Waals surface area contributed by atoms with Gasteiger partial charge in [-0.15, -0.1) is 0 Å². The predicted octanol–water partition coefficient (Wildman–Crippen LogP) is 6.07. The summed E-state index contributed by atoms with van der Waals surface area (Å²) in [5, 5.41) is 0. The molecule has 174 valence electrons. The maximum Gasteiger partial charge on any atom is 0.303 e. The van der Waals surface area contributed by atoms with Crippen molar-refractivity contribution in [1.29, 1.82) is 0 Å². The first-order valence-electron chi connectivity index (χ1n) is 11.1. The van der Waals surface area contributed by atoms with E-state index in [0.717, 1.165) is 25.7 Å². The molecule has 0 aromatic carbocycles. The lowest BCUT2D eigenvalue weighted by Gasteiger charge is -2.35. The summed E-state index contributed by atoms with van der Waals surface area (Å²) < 4.78 is 16.3. The Balaban J connectivity index is 2.84. The van der Waals surface area contributed by atoms with Crippen LogP contribution in [0.25, 0.3) is 0 Å². The minimum atomic E-state index is -0.633. The van der Waals surface area contributed by atoms with Crippen molar-refractivity contribution in [3.63, 3.8) is 0 Å². The maximum atomic E-state index is 12.8. The number of ether oxygens (including phenoxy) is 3. The molecule has 1 rings (SSSR count). The zero-order valence-electron chi connectivity index (χ0n) is 20.5. The second kappa shape index (κ2) is 13.2. The molecule has 0 heterocycles. The van der Waals surface area contributed by atoms with E-state index < -0.39 is 12.1 Å². The number of esters is 1. The molecular formula is C26H40O5. The minimum absolute atomic E-state index is 0.117. The Morgan fingerprint density at radius 2 is 1.48 bits per heavy atom. The van der Waals surface area contributed by atoms with Gasteiger partial charge in [-0.25, -0.2) is 0 Å². The van der Waals surface area contributed by atoms with Gasteiger partial charge in [-0.2, -0.15) is 0 Å². The van der Waals surface area contributed by atoms with Crippen LogP contribution in [-0.2, 0) is 23.8 Å². The molecule has 0 saturated carbocycles. The summed E-state index contributed by atoms with van der Waals surface area (Å²) >= 11 is 0. The number of allylic oxidation sites excluding steroid dienone is 7. The van der Waals surface area contributed by atoms with E-state index in [0.29, 0.717) is 12.2 Å². The number of methoxy groups -OCH3 is 2. The van der Waals surface area contributed by atoms with Crippen LogP contribution in [0.1, 0.15) is 73.6 Å². The van der Waals surface area contributed by atoms with Gasteiger partial charge in [0.1, 0.15) is 0 Å². The lowest BCUT2D eigenvalue weighted by atomic mass is 9.77. The van der Waals surface area contributed by atoms with Crippen molar-refractivity contribution in [3.8, 4) is 0 Å². The molecule has 31 heavy (non-hydrogen) atoms. The quantitative estimate of drug-likeness (QED) is 0.293. The maximum absolute atomic E-state index is 12.8. The third-order valence-corrected chi connectivity index (χ3v) is 5.73. The predicted molar refractivity (Wildman–Crippen MR) is 124 cm³/mol. The van der Waals surface area contributed by atoms with Crippen LogP contribution in [0.2, 0.25) is 0 Å². The number of hydrogen-bond acceptors (Lipinski definition) is 5. The summed E-state index contributed by atoms with van der Waals surface area (Å²) in [4.78, 5) is 24.5. The zero-order chi connectivity index (χ0) is 23.6. The van der Waals surface area contributed by atoms with Gasteiger partial charge in [-0.3, -0.25) is 9.59 Å².